The molecule has 0 bridgehead atoms. The Morgan fingerprint density at radius 3 is 2.87 bits per heavy atom. The number of hydrogen-bond acceptors (Lipinski definition) is 1. The number of halogens is 1. The highest BCUT2D eigenvalue weighted by atomic mass is 35.5. The highest BCUT2D eigenvalue weighted by Gasteiger charge is 2.23. The molecule has 0 radical (unpaired) electrons. The summed E-state index contributed by atoms with van der Waals surface area (Å²) in [5.41, 5.74) is 2.71. The lowest BCUT2D eigenvalue weighted by Gasteiger charge is -2.08. The van der Waals surface area contributed by atoms with Crippen molar-refractivity contribution in [1.82, 2.24) is 5.32 Å². The minimum Gasteiger partial charge on any atom is -0.313 e. The van der Waals surface area contributed by atoms with Gasteiger partial charge in [0.1, 0.15) is 0 Å². The van der Waals surface area contributed by atoms with E-state index in [0.717, 1.165) is 24.0 Å². The van der Waals surface area contributed by atoms with Crippen molar-refractivity contribution in [2.45, 2.75) is 38.6 Å². The topological polar surface area (TPSA) is 12.0 Å². The van der Waals surface area contributed by atoms with Gasteiger partial charge in [0, 0.05) is 11.6 Å². The third-order valence-corrected chi connectivity index (χ3v) is 3.23. The van der Waals surface area contributed by atoms with Crippen LogP contribution in [0.3, 0.4) is 0 Å². The van der Waals surface area contributed by atoms with Crippen LogP contribution in [0.4, 0.5) is 0 Å². The van der Waals surface area contributed by atoms with E-state index < -0.39 is 0 Å². The van der Waals surface area contributed by atoms with Gasteiger partial charge in [-0.2, -0.15) is 0 Å². The van der Waals surface area contributed by atoms with Gasteiger partial charge in [0.05, 0.1) is 0 Å². The van der Waals surface area contributed by atoms with Gasteiger partial charge in [0.2, 0.25) is 0 Å². The Hall–Kier alpha value is -0.530. The number of benzene rings is 1. The van der Waals surface area contributed by atoms with Crippen molar-refractivity contribution in [2.75, 3.05) is 6.54 Å². The summed E-state index contributed by atoms with van der Waals surface area (Å²) in [7, 11) is 0. The first-order valence-corrected chi connectivity index (χ1v) is 6.18. The minimum atomic E-state index is 0.812. The van der Waals surface area contributed by atoms with E-state index in [1.165, 1.54) is 30.4 Å². The van der Waals surface area contributed by atoms with E-state index in [1.807, 2.05) is 6.07 Å². The Balaban J connectivity index is 2.03. The van der Waals surface area contributed by atoms with Gasteiger partial charge in [-0.25, -0.2) is 0 Å². The molecule has 0 unspecified atom stereocenters. The maximum absolute atomic E-state index is 6.16. The molecule has 0 atom stereocenters. The Morgan fingerprint density at radius 2 is 2.20 bits per heavy atom. The molecule has 1 aromatic rings. The highest BCUT2D eigenvalue weighted by molar-refractivity contribution is 6.31. The molecular formula is C13H18ClN. The quantitative estimate of drug-likeness (QED) is 0.751. The standard InChI is InChI=1S/C13H18ClN/c1-2-7-15-9-12-8-11(10-3-4-10)5-6-13(12)14/h5-6,8,10,15H,2-4,7,9H2,1H3. The van der Waals surface area contributed by atoms with Gasteiger partial charge in [-0.05, 0) is 48.9 Å². The SMILES string of the molecule is CCCNCc1cc(C2CC2)ccc1Cl. The first-order chi connectivity index (χ1) is 7.31. The molecule has 1 N–H and O–H groups in total. The number of hydrogen-bond donors (Lipinski definition) is 1. The third-order valence-electron chi connectivity index (χ3n) is 2.86. The average Bonchev–Trinajstić information content (AvgIpc) is 3.05. The first-order valence-electron chi connectivity index (χ1n) is 5.80. The van der Waals surface area contributed by atoms with E-state index in [2.05, 4.69) is 24.4 Å². The largest absolute Gasteiger partial charge is 0.313 e. The van der Waals surface area contributed by atoms with E-state index in [1.54, 1.807) is 0 Å². The number of nitrogens with one attached hydrogen (secondary N) is 1. The fourth-order valence-corrected chi connectivity index (χ4v) is 1.98. The highest BCUT2D eigenvalue weighted by Crippen LogP contribution is 2.40. The summed E-state index contributed by atoms with van der Waals surface area (Å²) in [6.07, 6.45) is 3.87. The predicted octanol–water partition coefficient (Wildman–Crippen LogP) is 3.72. The average molecular weight is 224 g/mol. The summed E-state index contributed by atoms with van der Waals surface area (Å²) in [4.78, 5) is 0. The lowest BCUT2D eigenvalue weighted by atomic mass is 10.1. The second-order valence-electron chi connectivity index (χ2n) is 4.30. The van der Waals surface area contributed by atoms with Gasteiger partial charge in [-0.1, -0.05) is 30.7 Å². The summed E-state index contributed by atoms with van der Waals surface area (Å²) in [5.74, 6) is 0.812. The molecule has 1 aromatic carbocycles. The van der Waals surface area contributed by atoms with Gasteiger partial charge < -0.3 is 5.32 Å². The zero-order chi connectivity index (χ0) is 10.7. The van der Waals surface area contributed by atoms with Crippen molar-refractivity contribution >= 4 is 11.6 Å². The summed E-state index contributed by atoms with van der Waals surface area (Å²) in [5, 5.41) is 4.29. The molecule has 2 heteroatoms. The van der Waals surface area contributed by atoms with Gasteiger partial charge in [-0.3, -0.25) is 0 Å². The van der Waals surface area contributed by atoms with Crippen LogP contribution in [-0.4, -0.2) is 6.54 Å². The Bertz CT molecular complexity index is 331. The molecule has 2 rings (SSSR count). The predicted molar refractivity (Wildman–Crippen MR) is 65.4 cm³/mol. The molecule has 1 aliphatic carbocycles. The second-order valence-corrected chi connectivity index (χ2v) is 4.71. The molecule has 1 fully saturated rings. The van der Waals surface area contributed by atoms with Crippen LogP contribution in [0.5, 0.6) is 0 Å². The Kier molecular flexibility index (Phi) is 3.66. The van der Waals surface area contributed by atoms with E-state index in [4.69, 9.17) is 11.6 Å². The van der Waals surface area contributed by atoms with Crippen LogP contribution in [0.2, 0.25) is 5.02 Å². The smallest absolute Gasteiger partial charge is 0.0451 e. The first kappa shape index (κ1) is 11.0. The molecule has 0 amide bonds. The van der Waals surface area contributed by atoms with E-state index in [-0.39, 0.29) is 0 Å². The summed E-state index contributed by atoms with van der Waals surface area (Å²) in [6, 6.07) is 6.48. The molecule has 0 heterocycles. The molecular weight excluding hydrogens is 206 g/mol. The zero-order valence-electron chi connectivity index (χ0n) is 9.22. The van der Waals surface area contributed by atoms with E-state index >= 15 is 0 Å². The van der Waals surface area contributed by atoms with Crippen LogP contribution >= 0.6 is 11.6 Å². The molecule has 15 heavy (non-hydrogen) atoms. The van der Waals surface area contributed by atoms with Crippen LogP contribution in [0.15, 0.2) is 18.2 Å². The van der Waals surface area contributed by atoms with E-state index in [0.29, 0.717) is 0 Å². The van der Waals surface area contributed by atoms with Gasteiger partial charge in [0.15, 0.2) is 0 Å². The van der Waals surface area contributed by atoms with Crippen molar-refractivity contribution in [1.29, 1.82) is 0 Å². The van der Waals surface area contributed by atoms with Crippen molar-refractivity contribution in [3.8, 4) is 0 Å². The minimum absolute atomic E-state index is 0.812. The fourth-order valence-electron chi connectivity index (χ4n) is 1.80. The molecule has 0 aliphatic heterocycles. The number of rotatable bonds is 5. The van der Waals surface area contributed by atoms with Crippen LogP contribution in [0.1, 0.15) is 43.2 Å². The normalized spacial score (nSPS) is 15.6. The Morgan fingerprint density at radius 1 is 1.40 bits per heavy atom. The summed E-state index contributed by atoms with van der Waals surface area (Å²) >= 11 is 6.16. The molecule has 0 spiro atoms. The molecule has 1 saturated carbocycles. The van der Waals surface area contributed by atoms with Gasteiger partial charge in [0.25, 0.3) is 0 Å². The summed E-state index contributed by atoms with van der Waals surface area (Å²) in [6.45, 7) is 4.13. The monoisotopic (exact) mass is 223 g/mol. The van der Waals surface area contributed by atoms with Crippen molar-refractivity contribution in [2.24, 2.45) is 0 Å². The third kappa shape index (κ3) is 2.96. The molecule has 1 nitrogen and oxygen atoms in total. The second kappa shape index (κ2) is 5.00. The zero-order valence-corrected chi connectivity index (χ0v) is 9.98. The summed E-state index contributed by atoms with van der Waals surface area (Å²) < 4.78 is 0. The Labute approximate surface area is 96.8 Å². The molecule has 82 valence electrons. The van der Waals surface area contributed by atoms with Crippen molar-refractivity contribution in [3.63, 3.8) is 0 Å². The van der Waals surface area contributed by atoms with E-state index in [9.17, 15) is 0 Å². The maximum atomic E-state index is 6.16. The molecule has 0 aromatic heterocycles. The lowest BCUT2D eigenvalue weighted by Crippen LogP contribution is -2.14. The van der Waals surface area contributed by atoms with Gasteiger partial charge in [-0.15, -0.1) is 0 Å². The lowest BCUT2D eigenvalue weighted by molar-refractivity contribution is 0.675. The molecule has 1 aliphatic rings. The van der Waals surface area contributed by atoms with Crippen molar-refractivity contribution in [3.05, 3.63) is 34.3 Å². The van der Waals surface area contributed by atoms with Crippen molar-refractivity contribution < 1.29 is 0 Å². The van der Waals surface area contributed by atoms with Crippen LogP contribution in [-0.2, 0) is 6.54 Å². The van der Waals surface area contributed by atoms with Gasteiger partial charge >= 0.3 is 0 Å². The maximum Gasteiger partial charge on any atom is 0.0451 e. The van der Waals surface area contributed by atoms with Crippen LogP contribution in [0.25, 0.3) is 0 Å². The fraction of sp³-hybridized carbons (Fsp3) is 0.538. The van der Waals surface area contributed by atoms with Crippen LogP contribution in [0, 0.1) is 0 Å². The van der Waals surface area contributed by atoms with Crippen LogP contribution < -0.4 is 5.32 Å². The molecule has 0 saturated heterocycles.